The average Bonchev–Trinajstić information content (AvgIpc) is 3.20. The molecule has 0 spiro atoms. The molecule has 28 heavy (non-hydrogen) atoms. The van der Waals surface area contributed by atoms with Gasteiger partial charge < -0.3 is 18.7 Å². The highest BCUT2D eigenvalue weighted by atomic mass is 35.5. The molecule has 7 nitrogen and oxygen atoms in total. The average molecular weight is 401 g/mol. The van der Waals surface area contributed by atoms with Crippen LogP contribution in [0.2, 0.25) is 5.02 Å². The predicted octanol–water partition coefficient (Wildman–Crippen LogP) is 3.69. The van der Waals surface area contributed by atoms with E-state index in [-0.39, 0.29) is 25.1 Å². The second-order valence-corrected chi connectivity index (χ2v) is 6.75. The van der Waals surface area contributed by atoms with Gasteiger partial charge in [-0.25, -0.2) is 0 Å². The molecule has 0 amide bonds. The topological polar surface area (TPSA) is 83.7 Å². The second-order valence-electron chi connectivity index (χ2n) is 6.31. The molecule has 0 fully saturated rings. The van der Waals surface area contributed by atoms with Crippen molar-refractivity contribution in [2.24, 2.45) is 5.92 Å². The fourth-order valence-corrected chi connectivity index (χ4v) is 3.13. The molecule has 1 aromatic heterocycles. The number of carbonyl (C=O) groups excluding carboxylic acids is 1. The van der Waals surface area contributed by atoms with Gasteiger partial charge in [0.25, 0.3) is 5.89 Å². The maximum absolute atomic E-state index is 12.4. The quantitative estimate of drug-likeness (QED) is 0.604. The molecular formula is C20H17ClN2O5. The van der Waals surface area contributed by atoms with Crippen molar-refractivity contribution >= 4 is 17.6 Å². The number of aromatic nitrogens is 2. The van der Waals surface area contributed by atoms with Crippen molar-refractivity contribution < 1.29 is 23.5 Å². The number of fused-ring (bicyclic) bond motifs is 1. The number of hydrogen-bond donors (Lipinski definition) is 0. The Balaban J connectivity index is 1.36. The molecule has 0 N–H and O–H groups in total. The number of halogens is 1. The van der Waals surface area contributed by atoms with Crippen molar-refractivity contribution in [1.29, 1.82) is 0 Å². The van der Waals surface area contributed by atoms with Gasteiger partial charge in [0.2, 0.25) is 5.82 Å². The van der Waals surface area contributed by atoms with Crippen LogP contribution in [0, 0.1) is 5.92 Å². The molecule has 0 saturated carbocycles. The summed E-state index contributed by atoms with van der Waals surface area (Å²) in [5.41, 5.74) is 1.66. The van der Waals surface area contributed by atoms with Crippen molar-refractivity contribution in [3.63, 3.8) is 0 Å². The first-order chi connectivity index (χ1) is 13.6. The Morgan fingerprint density at radius 2 is 2.07 bits per heavy atom. The zero-order valence-electron chi connectivity index (χ0n) is 15.1. The number of carbonyl (C=O) groups is 1. The number of esters is 1. The van der Waals surface area contributed by atoms with Crippen LogP contribution >= 0.6 is 11.6 Å². The molecule has 1 aliphatic heterocycles. The van der Waals surface area contributed by atoms with Crippen LogP contribution in [0.25, 0.3) is 11.4 Å². The summed E-state index contributed by atoms with van der Waals surface area (Å²) in [6, 6.07) is 12.6. The SMILES string of the molecule is COc1ccc(-c2noc(COC(=O)[C@@H]3COc4ccc(Cl)cc4C3)n2)cc1. The van der Waals surface area contributed by atoms with Gasteiger partial charge in [-0.1, -0.05) is 16.8 Å². The molecule has 144 valence electrons. The zero-order valence-corrected chi connectivity index (χ0v) is 15.8. The Hall–Kier alpha value is -3.06. The Kier molecular flexibility index (Phi) is 5.16. The summed E-state index contributed by atoms with van der Waals surface area (Å²) >= 11 is 6.01. The summed E-state index contributed by atoms with van der Waals surface area (Å²) in [5, 5.41) is 4.52. The standard InChI is InChI=1S/C20H17ClN2O5/c1-25-16-5-2-12(3-6-16)19-22-18(28-23-19)11-27-20(24)14-8-13-9-15(21)4-7-17(13)26-10-14/h2-7,9,14H,8,10-11H2,1H3/t14-/m0/s1. The van der Waals surface area contributed by atoms with Crippen LogP contribution in [-0.2, 0) is 22.6 Å². The maximum Gasteiger partial charge on any atom is 0.313 e. The van der Waals surface area contributed by atoms with Gasteiger partial charge in [-0.2, -0.15) is 4.98 Å². The Labute approximate surface area is 166 Å². The molecule has 3 aromatic rings. The molecule has 1 atom stereocenters. The largest absolute Gasteiger partial charge is 0.497 e. The van der Waals surface area contributed by atoms with Crippen LogP contribution < -0.4 is 9.47 Å². The molecule has 0 bridgehead atoms. The van der Waals surface area contributed by atoms with Crippen molar-refractivity contribution in [3.8, 4) is 22.9 Å². The lowest BCUT2D eigenvalue weighted by molar-refractivity contribution is -0.152. The second kappa shape index (κ2) is 7.90. The first-order valence-corrected chi connectivity index (χ1v) is 9.05. The normalized spacial score (nSPS) is 15.4. The van der Waals surface area contributed by atoms with Gasteiger partial charge in [0.05, 0.1) is 13.0 Å². The molecule has 2 heterocycles. The van der Waals surface area contributed by atoms with Gasteiger partial charge in [0, 0.05) is 10.6 Å². The molecular weight excluding hydrogens is 384 g/mol. The molecule has 2 aromatic carbocycles. The lowest BCUT2D eigenvalue weighted by Gasteiger charge is -2.23. The molecule has 0 radical (unpaired) electrons. The fraction of sp³-hybridized carbons (Fsp3) is 0.250. The third-order valence-corrected chi connectivity index (χ3v) is 4.65. The van der Waals surface area contributed by atoms with Gasteiger partial charge >= 0.3 is 5.97 Å². The summed E-state index contributed by atoms with van der Waals surface area (Å²) in [7, 11) is 1.60. The number of benzene rings is 2. The van der Waals surface area contributed by atoms with Crippen molar-refractivity contribution in [3.05, 3.63) is 58.9 Å². The zero-order chi connectivity index (χ0) is 19.5. The summed E-state index contributed by atoms with van der Waals surface area (Å²) in [6.45, 7) is 0.162. The van der Waals surface area contributed by atoms with Gasteiger partial charge in [0.1, 0.15) is 18.1 Å². The van der Waals surface area contributed by atoms with Crippen molar-refractivity contribution in [2.75, 3.05) is 13.7 Å². The lowest BCUT2D eigenvalue weighted by atomic mass is 9.97. The number of methoxy groups -OCH3 is 1. The summed E-state index contributed by atoms with van der Waals surface area (Å²) in [6.07, 6.45) is 0.510. The monoisotopic (exact) mass is 400 g/mol. The Morgan fingerprint density at radius 3 is 2.86 bits per heavy atom. The number of hydrogen-bond acceptors (Lipinski definition) is 7. The Bertz CT molecular complexity index is 987. The molecule has 0 aliphatic carbocycles. The van der Waals surface area contributed by atoms with Crippen LogP contribution in [0.5, 0.6) is 11.5 Å². The molecule has 0 unspecified atom stereocenters. The van der Waals surface area contributed by atoms with E-state index in [1.165, 1.54) is 0 Å². The van der Waals surface area contributed by atoms with Gasteiger partial charge in [-0.15, -0.1) is 0 Å². The summed E-state index contributed by atoms with van der Waals surface area (Å²) in [4.78, 5) is 16.6. The first-order valence-electron chi connectivity index (χ1n) is 8.67. The third-order valence-electron chi connectivity index (χ3n) is 4.42. The van der Waals surface area contributed by atoms with Crippen molar-refractivity contribution in [1.82, 2.24) is 10.1 Å². The minimum absolute atomic E-state index is 0.0963. The van der Waals surface area contributed by atoms with Gasteiger partial charge in [0.15, 0.2) is 6.61 Å². The molecule has 1 aliphatic rings. The predicted molar refractivity (Wildman–Crippen MR) is 100 cm³/mol. The van der Waals surface area contributed by atoms with Crippen LogP contribution in [0.3, 0.4) is 0 Å². The maximum atomic E-state index is 12.4. The van der Waals surface area contributed by atoms with Crippen molar-refractivity contribution in [2.45, 2.75) is 13.0 Å². The molecule has 8 heteroatoms. The van der Waals surface area contributed by atoms with Crippen LogP contribution in [0.15, 0.2) is 47.0 Å². The van der Waals surface area contributed by atoms with Crippen LogP contribution in [0.4, 0.5) is 0 Å². The van der Waals surface area contributed by atoms with E-state index in [2.05, 4.69) is 10.1 Å². The Morgan fingerprint density at radius 1 is 1.25 bits per heavy atom. The minimum atomic E-state index is -0.407. The number of rotatable bonds is 5. The van der Waals surface area contributed by atoms with E-state index in [0.717, 1.165) is 22.6 Å². The highest BCUT2D eigenvalue weighted by molar-refractivity contribution is 6.30. The lowest BCUT2D eigenvalue weighted by Crippen LogP contribution is -2.29. The van der Waals surface area contributed by atoms with Crippen LogP contribution in [-0.4, -0.2) is 29.8 Å². The van der Waals surface area contributed by atoms with Gasteiger partial charge in [-0.05, 0) is 54.4 Å². The van der Waals surface area contributed by atoms with E-state index >= 15 is 0 Å². The first kappa shape index (κ1) is 18.3. The molecule has 0 saturated heterocycles. The van der Waals surface area contributed by atoms with Crippen LogP contribution in [0.1, 0.15) is 11.5 Å². The van der Waals surface area contributed by atoms with E-state index in [0.29, 0.717) is 17.3 Å². The molecule has 4 rings (SSSR count). The van der Waals surface area contributed by atoms with Gasteiger partial charge in [-0.3, -0.25) is 4.79 Å². The van der Waals surface area contributed by atoms with E-state index in [4.69, 9.17) is 30.3 Å². The summed E-state index contributed by atoms with van der Waals surface area (Å²) < 4.78 is 21.2. The van der Waals surface area contributed by atoms with E-state index < -0.39 is 5.92 Å². The third kappa shape index (κ3) is 3.94. The number of ether oxygens (including phenoxy) is 3. The minimum Gasteiger partial charge on any atom is -0.497 e. The van der Waals surface area contributed by atoms with E-state index in [9.17, 15) is 4.79 Å². The smallest absolute Gasteiger partial charge is 0.313 e. The van der Waals surface area contributed by atoms with E-state index in [1.54, 1.807) is 37.4 Å². The highest BCUT2D eigenvalue weighted by Gasteiger charge is 2.28. The number of nitrogens with zero attached hydrogens (tertiary/aromatic N) is 2. The fourth-order valence-electron chi connectivity index (χ4n) is 2.94. The highest BCUT2D eigenvalue weighted by Crippen LogP contribution is 2.30. The summed E-state index contributed by atoms with van der Waals surface area (Å²) in [5.74, 6) is 1.33. The van der Waals surface area contributed by atoms with E-state index in [1.807, 2.05) is 12.1 Å².